The van der Waals surface area contributed by atoms with Gasteiger partial charge in [-0.3, -0.25) is 9.78 Å². The maximum atomic E-state index is 13.0. The maximum absolute atomic E-state index is 13.0. The number of anilines is 1. The lowest BCUT2D eigenvalue weighted by Gasteiger charge is -2.36. The Hall–Kier alpha value is -4.28. The maximum Gasteiger partial charge on any atom is 0.339 e. The highest BCUT2D eigenvalue weighted by molar-refractivity contribution is 6.31. The van der Waals surface area contributed by atoms with Crippen molar-refractivity contribution in [1.82, 2.24) is 20.0 Å². The van der Waals surface area contributed by atoms with Crippen LogP contribution in [0.25, 0.3) is 11.3 Å². The Balaban J connectivity index is 1.19. The zero-order valence-electron chi connectivity index (χ0n) is 22.6. The first kappa shape index (κ1) is 26.9. The van der Waals surface area contributed by atoms with Gasteiger partial charge in [-0.05, 0) is 62.2 Å². The number of hydrogen-bond donors (Lipinski definition) is 1. The molecule has 2 aliphatic rings. The monoisotopic (exact) mass is 573 g/mol. The molecule has 0 radical (unpaired) electrons. The largest absolute Gasteiger partial charge is 0.486 e. The predicted molar refractivity (Wildman–Crippen MR) is 151 cm³/mol. The first-order valence-electron chi connectivity index (χ1n) is 13.3. The predicted octanol–water partition coefficient (Wildman–Crippen LogP) is 4.91. The van der Waals surface area contributed by atoms with Gasteiger partial charge in [0.25, 0.3) is 0 Å². The molecule has 1 fully saturated rings. The topological polar surface area (TPSA) is 117 Å². The number of aryl methyl sites for hydroxylation is 1. The molecule has 41 heavy (non-hydrogen) atoms. The van der Waals surface area contributed by atoms with Gasteiger partial charge in [-0.2, -0.15) is 0 Å². The van der Waals surface area contributed by atoms with Crippen LogP contribution in [-0.2, 0) is 26.3 Å². The number of halogens is 1. The van der Waals surface area contributed by atoms with E-state index in [1.165, 1.54) is 0 Å². The molecule has 2 aromatic carbocycles. The minimum Gasteiger partial charge on any atom is -0.486 e. The average Bonchev–Trinajstić information content (AvgIpc) is 3.55. The Bertz CT molecular complexity index is 1640. The SMILES string of the molecule is CCOC(=O)c1ccc(-c2cc(Cl)ccc2OCc2cn(C3COCC4(C3)C(=O)Nc3ccccc34)nn2)nc1C. The second kappa shape index (κ2) is 10.9. The van der Waals surface area contributed by atoms with Crippen molar-refractivity contribution in [2.75, 3.05) is 25.1 Å². The third-order valence-corrected chi connectivity index (χ3v) is 7.71. The van der Waals surface area contributed by atoms with Crippen molar-refractivity contribution in [3.05, 3.63) is 88.3 Å². The minimum atomic E-state index is -0.756. The Kier molecular flexibility index (Phi) is 7.19. The first-order valence-corrected chi connectivity index (χ1v) is 13.7. The number of nitrogens with one attached hydrogen (secondary N) is 1. The number of carbonyl (C=O) groups is 2. The number of benzene rings is 2. The first-order chi connectivity index (χ1) is 19.9. The summed E-state index contributed by atoms with van der Waals surface area (Å²) in [6.45, 7) is 4.70. The molecule has 4 heterocycles. The van der Waals surface area contributed by atoms with Gasteiger partial charge >= 0.3 is 5.97 Å². The van der Waals surface area contributed by atoms with Crippen LogP contribution in [0.15, 0.2) is 60.8 Å². The van der Waals surface area contributed by atoms with Crippen molar-refractivity contribution in [1.29, 1.82) is 0 Å². The summed E-state index contributed by atoms with van der Waals surface area (Å²) in [7, 11) is 0. The summed E-state index contributed by atoms with van der Waals surface area (Å²) < 4.78 is 18.9. The van der Waals surface area contributed by atoms with Crippen molar-refractivity contribution in [3.8, 4) is 17.0 Å². The molecule has 1 saturated heterocycles. The lowest BCUT2D eigenvalue weighted by molar-refractivity contribution is -0.127. The number of nitrogens with zero attached hydrogens (tertiary/aromatic N) is 4. The van der Waals surface area contributed by atoms with Gasteiger partial charge in [0.2, 0.25) is 5.91 Å². The molecule has 1 N–H and O–H groups in total. The molecule has 4 aromatic rings. The number of fused-ring (bicyclic) bond motifs is 2. The molecule has 0 aliphatic carbocycles. The number of ether oxygens (including phenoxy) is 3. The summed E-state index contributed by atoms with van der Waals surface area (Å²) in [6.07, 6.45) is 2.37. The van der Waals surface area contributed by atoms with Gasteiger partial charge in [0.05, 0.1) is 49.0 Å². The lowest BCUT2D eigenvalue weighted by atomic mass is 9.76. The molecular weight excluding hydrogens is 546 g/mol. The Morgan fingerprint density at radius 2 is 2.07 bits per heavy atom. The quantitative estimate of drug-likeness (QED) is 0.310. The Morgan fingerprint density at radius 1 is 1.22 bits per heavy atom. The van der Waals surface area contributed by atoms with Crippen LogP contribution in [0.1, 0.15) is 46.7 Å². The van der Waals surface area contributed by atoms with Gasteiger partial charge in [0.15, 0.2) is 0 Å². The number of para-hydroxylation sites is 1. The van der Waals surface area contributed by atoms with Gasteiger partial charge in [-0.15, -0.1) is 5.10 Å². The number of rotatable bonds is 7. The fraction of sp³-hybridized carbons (Fsp3) is 0.300. The summed E-state index contributed by atoms with van der Waals surface area (Å²) in [5.74, 6) is 0.0853. The average molecular weight is 574 g/mol. The van der Waals surface area contributed by atoms with Crippen LogP contribution in [0, 0.1) is 6.92 Å². The molecule has 2 atom stereocenters. The molecule has 2 aliphatic heterocycles. The summed E-state index contributed by atoms with van der Waals surface area (Å²) in [4.78, 5) is 29.8. The summed E-state index contributed by atoms with van der Waals surface area (Å²) in [5, 5.41) is 12.2. The van der Waals surface area contributed by atoms with Crippen molar-refractivity contribution in [2.45, 2.75) is 38.3 Å². The molecule has 0 bridgehead atoms. The standard InChI is InChI=1S/C30H28ClN5O5/c1-3-40-28(37)22-9-10-25(32-18(22)2)23-12-19(31)8-11-27(23)41-15-20-14-36(35-34-20)21-13-30(17-39-16-21)24-6-4-5-7-26(24)33-29(30)38/h4-12,14,21H,3,13,15-17H2,1-2H3,(H,33,38). The molecule has 6 rings (SSSR count). The highest BCUT2D eigenvalue weighted by Crippen LogP contribution is 2.45. The lowest BCUT2D eigenvalue weighted by Crippen LogP contribution is -2.46. The van der Waals surface area contributed by atoms with Crippen molar-refractivity contribution >= 4 is 29.2 Å². The van der Waals surface area contributed by atoms with E-state index >= 15 is 0 Å². The van der Waals surface area contributed by atoms with E-state index in [-0.39, 0.29) is 25.2 Å². The van der Waals surface area contributed by atoms with Crippen LogP contribution in [0.2, 0.25) is 5.02 Å². The van der Waals surface area contributed by atoms with Gasteiger partial charge in [-0.25, -0.2) is 9.48 Å². The zero-order chi connectivity index (χ0) is 28.6. The Labute approximate surface area is 241 Å². The second-order valence-electron chi connectivity index (χ2n) is 10.1. The molecule has 2 unspecified atom stereocenters. The van der Waals surface area contributed by atoms with Crippen LogP contribution in [0.3, 0.4) is 0 Å². The number of amides is 1. The van der Waals surface area contributed by atoms with E-state index in [9.17, 15) is 9.59 Å². The molecule has 11 heteroatoms. The number of pyridine rings is 1. The minimum absolute atomic E-state index is 0.0542. The summed E-state index contributed by atoms with van der Waals surface area (Å²) >= 11 is 6.31. The van der Waals surface area contributed by atoms with E-state index < -0.39 is 11.4 Å². The highest BCUT2D eigenvalue weighted by Gasteiger charge is 2.50. The zero-order valence-corrected chi connectivity index (χ0v) is 23.4. The highest BCUT2D eigenvalue weighted by atomic mass is 35.5. The van der Waals surface area contributed by atoms with Crippen molar-refractivity contribution in [2.24, 2.45) is 0 Å². The van der Waals surface area contributed by atoms with E-state index in [4.69, 9.17) is 25.8 Å². The van der Waals surface area contributed by atoms with Gasteiger partial charge in [0.1, 0.15) is 23.5 Å². The molecule has 10 nitrogen and oxygen atoms in total. The second-order valence-corrected chi connectivity index (χ2v) is 10.6. The number of esters is 1. The molecule has 0 saturated carbocycles. The molecular formula is C30H28ClN5O5. The Morgan fingerprint density at radius 3 is 2.90 bits per heavy atom. The summed E-state index contributed by atoms with van der Waals surface area (Å²) in [6, 6.07) is 16.3. The van der Waals surface area contributed by atoms with Gasteiger partial charge in [-0.1, -0.05) is 35.0 Å². The van der Waals surface area contributed by atoms with Gasteiger partial charge in [0, 0.05) is 16.3 Å². The molecule has 1 amide bonds. The smallest absolute Gasteiger partial charge is 0.339 e. The van der Waals surface area contributed by atoms with Crippen LogP contribution < -0.4 is 10.1 Å². The molecule has 210 valence electrons. The van der Waals surface area contributed by atoms with Crippen LogP contribution in [-0.4, -0.2) is 51.7 Å². The van der Waals surface area contributed by atoms with Crippen LogP contribution in [0.4, 0.5) is 5.69 Å². The fourth-order valence-corrected chi connectivity index (χ4v) is 5.62. The van der Waals surface area contributed by atoms with Crippen LogP contribution in [0.5, 0.6) is 5.75 Å². The normalized spacial score (nSPS) is 19.6. The van der Waals surface area contributed by atoms with Crippen molar-refractivity contribution < 1.29 is 23.8 Å². The van der Waals surface area contributed by atoms with E-state index in [0.717, 1.165) is 11.3 Å². The number of aromatic nitrogens is 4. The number of carbonyl (C=O) groups excluding carboxylic acids is 2. The van der Waals surface area contributed by atoms with E-state index in [0.29, 0.717) is 58.6 Å². The number of hydrogen-bond acceptors (Lipinski definition) is 8. The van der Waals surface area contributed by atoms with E-state index in [2.05, 4.69) is 20.6 Å². The third kappa shape index (κ3) is 5.05. The van der Waals surface area contributed by atoms with Crippen molar-refractivity contribution in [3.63, 3.8) is 0 Å². The van der Waals surface area contributed by atoms with Gasteiger partial charge < -0.3 is 19.5 Å². The summed E-state index contributed by atoms with van der Waals surface area (Å²) in [5.41, 5.74) is 3.87. The third-order valence-electron chi connectivity index (χ3n) is 7.47. The van der Waals surface area contributed by atoms with E-state index in [1.807, 2.05) is 30.5 Å². The van der Waals surface area contributed by atoms with E-state index in [1.54, 1.807) is 48.9 Å². The molecule has 1 spiro atoms. The molecule has 2 aromatic heterocycles. The van der Waals surface area contributed by atoms with Crippen LogP contribution >= 0.6 is 11.6 Å². The fourth-order valence-electron chi connectivity index (χ4n) is 5.45.